The van der Waals surface area contributed by atoms with Gasteiger partial charge in [-0.05, 0) is 12.5 Å². The first-order valence-corrected chi connectivity index (χ1v) is 6.05. The van der Waals surface area contributed by atoms with Crippen molar-refractivity contribution in [1.29, 1.82) is 0 Å². The van der Waals surface area contributed by atoms with E-state index < -0.39 is 40.5 Å². The van der Waals surface area contributed by atoms with Crippen LogP contribution in [0.1, 0.15) is 24.8 Å². The Hall–Kier alpha value is -2.58. The van der Waals surface area contributed by atoms with Gasteiger partial charge in [0, 0.05) is 29.8 Å². The van der Waals surface area contributed by atoms with Gasteiger partial charge in [0.2, 0.25) is 11.8 Å². The van der Waals surface area contributed by atoms with E-state index in [0.29, 0.717) is 0 Å². The van der Waals surface area contributed by atoms with E-state index in [-0.39, 0.29) is 18.5 Å². The maximum absolute atomic E-state index is 13.0. The van der Waals surface area contributed by atoms with Crippen molar-refractivity contribution in [3.05, 3.63) is 33.9 Å². The van der Waals surface area contributed by atoms with E-state index in [1.807, 2.05) is 0 Å². The molecule has 1 aromatic carbocycles. The Morgan fingerprint density at radius 1 is 1.38 bits per heavy atom. The van der Waals surface area contributed by atoms with Crippen molar-refractivity contribution in [2.24, 2.45) is 0 Å². The molecule has 0 saturated carbocycles. The molecule has 112 valence electrons. The van der Waals surface area contributed by atoms with Crippen LogP contribution >= 0.6 is 0 Å². The van der Waals surface area contributed by atoms with Crippen LogP contribution in [0, 0.1) is 10.1 Å². The summed E-state index contributed by atoms with van der Waals surface area (Å²) >= 11 is 0. The third-order valence-corrected chi connectivity index (χ3v) is 3.05. The van der Waals surface area contributed by atoms with Gasteiger partial charge < -0.3 is 5.32 Å². The SMILES string of the molecule is O=C1CCC(Nc2ccc([N+](=O)[O-])cc2C(F)F)C(=O)N1. The van der Waals surface area contributed by atoms with Crippen molar-refractivity contribution in [3.8, 4) is 0 Å². The predicted molar refractivity (Wildman–Crippen MR) is 67.8 cm³/mol. The molecule has 0 bridgehead atoms. The third kappa shape index (κ3) is 3.30. The number of halogens is 2. The molecular weight excluding hydrogens is 288 g/mol. The van der Waals surface area contributed by atoms with Crippen LogP contribution in [-0.4, -0.2) is 22.8 Å². The Labute approximate surface area is 117 Å². The minimum absolute atomic E-state index is 0.0647. The van der Waals surface area contributed by atoms with Crippen LogP contribution in [0.25, 0.3) is 0 Å². The van der Waals surface area contributed by atoms with Gasteiger partial charge in [0.05, 0.1) is 4.92 Å². The Balaban J connectivity index is 2.25. The monoisotopic (exact) mass is 299 g/mol. The number of nitro groups is 1. The number of nitrogens with zero attached hydrogens (tertiary/aromatic N) is 1. The summed E-state index contributed by atoms with van der Waals surface area (Å²) in [6.07, 6.45) is -2.66. The van der Waals surface area contributed by atoms with Crippen LogP contribution in [0.3, 0.4) is 0 Å². The minimum Gasteiger partial charge on any atom is -0.373 e. The van der Waals surface area contributed by atoms with Gasteiger partial charge in [0.15, 0.2) is 0 Å². The van der Waals surface area contributed by atoms with Crippen LogP contribution < -0.4 is 10.6 Å². The molecule has 7 nitrogen and oxygen atoms in total. The van der Waals surface area contributed by atoms with E-state index >= 15 is 0 Å². The first-order valence-electron chi connectivity index (χ1n) is 6.05. The van der Waals surface area contributed by atoms with E-state index in [1.165, 1.54) is 0 Å². The highest BCUT2D eigenvalue weighted by molar-refractivity contribution is 6.01. The summed E-state index contributed by atoms with van der Waals surface area (Å²) in [4.78, 5) is 32.4. The quantitative estimate of drug-likeness (QED) is 0.501. The fourth-order valence-corrected chi connectivity index (χ4v) is 1.99. The van der Waals surface area contributed by atoms with Crippen LogP contribution in [-0.2, 0) is 9.59 Å². The number of imide groups is 1. The van der Waals surface area contributed by atoms with Gasteiger partial charge in [-0.25, -0.2) is 8.78 Å². The number of carbonyl (C=O) groups is 2. The second kappa shape index (κ2) is 5.81. The first kappa shape index (κ1) is 14.8. The normalized spacial score (nSPS) is 18.5. The summed E-state index contributed by atoms with van der Waals surface area (Å²) in [6, 6.07) is 2.13. The molecule has 1 aliphatic heterocycles. The van der Waals surface area contributed by atoms with Crippen LogP contribution in [0.4, 0.5) is 20.2 Å². The van der Waals surface area contributed by atoms with Crippen molar-refractivity contribution in [2.75, 3.05) is 5.32 Å². The Kier molecular flexibility index (Phi) is 4.10. The van der Waals surface area contributed by atoms with Crippen molar-refractivity contribution >= 4 is 23.2 Å². The summed E-state index contributed by atoms with van der Waals surface area (Å²) in [5.74, 6) is -1.03. The van der Waals surface area contributed by atoms with Gasteiger partial charge in [-0.3, -0.25) is 25.0 Å². The molecule has 0 radical (unpaired) electrons. The molecule has 1 saturated heterocycles. The number of hydrogen-bond donors (Lipinski definition) is 2. The molecule has 0 spiro atoms. The highest BCUT2D eigenvalue weighted by Crippen LogP contribution is 2.31. The number of hydrogen-bond acceptors (Lipinski definition) is 5. The number of carbonyl (C=O) groups excluding carboxylic acids is 2. The molecular formula is C12H11F2N3O4. The summed E-state index contributed by atoms with van der Waals surface area (Å²) in [5.41, 5.74) is -1.09. The Bertz CT molecular complexity index is 606. The lowest BCUT2D eigenvalue weighted by atomic mass is 10.0. The van der Waals surface area contributed by atoms with Gasteiger partial charge in [0.1, 0.15) is 6.04 Å². The molecule has 1 aromatic rings. The number of amides is 2. The molecule has 1 heterocycles. The van der Waals surface area contributed by atoms with E-state index in [1.54, 1.807) is 0 Å². The maximum atomic E-state index is 13.0. The summed E-state index contributed by atoms with van der Waals surface area (Å²) in [6.45, 7) is 0. The fourth-order valence-electron chi connectivity index (χ4n) is 1.99. The fraction of sp³-hybridized carbons (Fsp3) is 0.333. The molecule has 21 heavy (non-hydrogen) atoms. The standard InChI is InChI=1S/C12H11F2N3O4/c13-11(14)7-5-6(17(20)21)1-2-8(7)15-9-3-4-10(18)16-12(9)19/h1-2,5,9,11,15H,3-4H2,(H,16,18,19). The van der Waals surface area contributed by atoms with Crippen LogP contribution in [0.15, 0.2) is 18.2 Å². The smallest absolute Gasteiger partial charge is 0.270 e. The molecule has 9 heteroatoms. The van der Waals surface area contributed by atoms with Gasteiger partial charge in [0.25, 0.3) is 12.1 Å². The van der Waals surface area contributed by atoms with E-state index in [9.17, 15) is 28.5 Å². The number of non-ortho nitro benzene ring substituents is 1. The van der Waals surface area contributed by atoms with Crippen LogP contribution in [0.2, 0.25) is 0 Å². The zero-order chi connectivity index (χ0) is 15.6. The number of rotatable bonds is 4. The highest BCUT2D eigenvalue weighted by atomic mass is 19.3. The lowest BCUT2D eigenvalue weighted by Crippen LogP contribution is -2.47. The molecule has 0 aromatic heterocycles. The van der Waals surface area contributed by atoms with Gasteiger partial charge in [-0.1, -0.05) is 0 Å². The second-order valence-electron chi connectivity index (χ2n) is 4.48. The van der Waals surface area contributed by atoms with Crippen LogP contribution in [0.5, 0.6) is 0 Å². The lowest BCUT2D eigenvalue weighted by Gasteiger charge is -2.23. The molecule has 0 aliphatic carbocycles. The predicted octanol–water partition coefficient (Wildman–Crippen LogP) is 1.75. The number of nitrogens with one attached hydrogen (secondary N) is 2. The average molecular weight is 299 g/mol. The average Bonchev–Trinajstić information content (AvgIpc) is 2.41. The second-order valence-corrected chi connectivity index (χ2v) is 4.48. The van der Waals surface area contributed by atoms with E-state index in [0.717, 1.165) is 18.2 Å². The number of piperidine rings is 1. The molecule has 2 rings (SSSR count). The van der Waals surface area contributed by atoms with E-state index in [4.69, 9.17) is 0 Å². The lowest BCUT2D eigenvalue weighted by molar-refractivity contribution is -0.385. The summed E-state index contributed by atoms with van der Waals surface area (Å²) in [7, 11) is 0. The van der Waals surface area contributed by atoms with E-state index in [2.05, 4.69) is 10.6 Å². The molecule has 2 N–H and O–H groups in total. The maximum Gasteiger partial charge on any atom is 0.270 e. The van der Waals surface area contributed by atoms with Gasteiger partial charge in [-0.15, -0.1) is 0 Å². The Morgan fingerprint density at radius 3 is 2.67 bits per heavy atom. The molecule has 1 fully saturated rings. The zero-order valence-electron chi connectivity index (χ0n) is 10.6. The largest absolute Gasteiger partial charge is 0.373 e. The summed E-state index contributed by atoms with van der Waals surface area (Å²) < 4.78 is 25.9. The number of nitro benzene ring substituents is 1. The summed E-state index contributed by atoms with van der Waals surface area (Å²) in [5, 5.41) is 15.3. The van der Waals surface area contributed by atoms with Crippen molar-refractivity contribution < 1.29 is 23.3 Å². The zero-order valence-corrected chi connectivity index (χ0v) is 10.6. The molecule has 2 amide bonds. The van der Waals surface area contributed by atoms with Crippen molar-refractivity contribution in [3.63, 3.8) is 0 Å². The number of benzene rings is 1. The Morgan fingerprint density at radius 2 is 2.10 bits per heavy atom. The molecule has 1 unspecified atom stereocenters. The minimum atomic E-state index is -2.93. The third-order valence-electron chi connectivity index (χ3n) is 3.05. The topological polar surface area (TPSA) is 101 Å². The molecule has 1 atom stereocenters. The van der Waals surface area contributed by atoms with Gasteiger partial charge in [-0.2, -0.15) is 0 Å². The number of anilines is 1. The van der Waals surface area contributed by atoms with Crippen molar-refractivity contribution in [2.45, 2.75) is 25.3 Å². The first-order chi connectivity index (χ1) is 9.88. The number of alkyl halides is 2. The highest BCUT2D eigenvalue weighted by Gasteiger charge is 2.28. The molecule has 1 aliphatic rings. The van der Waals surface area contributed by atoms with Crippen molar-refractivity contribution in [1.82, 2.24) is 5.32 Å². The van der Waals surface area contributed by atoms with Gasteiger partial charge >= 0.3 is 0 Å².